The maximum Gasteiger partial charge on any atom is 0.494 e. The van der Waals surface area contributed by atoms with Crippen LogP contribution in [0, 0.1) is 39.8 Å². The van der Waals surface area contributed by atoms with Crippen LogP contribution in [0.1, 0.15) is 85.3 Å². The highest BCUT2D eigenvalue weighted by Crippen LogP contribution is 2.62. The van der Waals surface area contributed by atoms with E-state index in [1.807, 2.05) is 27.7 Å². The molecule has 4 N–H and O–H groups in total. The zero-order valence-electron chi connectivity index (χ0n) is 24.9. The Morgan fingerprint density at radius 1 is 1.32 bits per heavy atom. The van der Waals surface area contributed by atoms with Crippen molar-refractivity contribution in [3.63, 3.8) is 0 Å². The zero-order chi connectivity index (χ0) is 29.8. The van der Waals surface area contributed by atoms with E-state index < -0.39 is 59.9 Å². The zero-order valence-corrected chi connectivity index (χ0v) is 24.9. The molecule has 0 amide bonds. The lowest BCUT2D eigenvalue weighted by atomic mass is 9.49. The predicted molar refractivity (Wildman–Crippen MR) is 149 cm³/mol. The van der Waals surface area contributed by atoms with E-state index in [0.29, 0.717) is 36.8 Å². The molecular formula is C30H45BFNO7. The summed E-state index contributed by atoms with van der Waals surface area (Å²) < 4.78 is 32.1. The number of ketones is 1. The topological polar surface area (TPSA) is 128 Å². The Balaban J connectivity index is 1.66. The summed E-state index contributed by atoms with van der Waals surface area (Å²) in [6.07, 6.45) is 0.791. The van der Waals surface area contributed by atoms with Crippen LogP contribution in [-0.2, 0) is 32.1 Å². The molecule has 1 heterocycles. The first-order valence-corrected chi connectivity index (χ1v) is 14.5. The molecule has 3 aliphatic rings. The molecule has 0 aromatic heterocycles. The minimum absolute atomic E-state index is 0.0103. The van der Waals surface area contributed by atoms with Crippen molar-refractivity contribution >= 4 is 24.3 Å². The van der Waals surface area contributed by atoms with Gasteiger partial charge in [-0.1, -0.05) is 48.5 Å². The van der Waals surface area contributed by atoms with E-state index in [1.165, 1.54) is 6.07 Å². The molecule has 7 atom stereocenters. The van der Waals surface area contributed by atoms with E-state index >= 15 is 4.39 Å². The molecule has 1 aromatic carbocycles. The van der Waals surface area contributed by atoms with Gasteiger partial charge in [-0.3, -0.25) is 4.79 Å². The van der Waals surface area contributed by atoms with E-state index in [-0.39, 0.29) is 42.0 Å². The summed E-state index contributed by atoms with van der Waals surface area (Å²) in [6.45, 7) is 13.9. The third-order valence-electron chi connectivity index (χ3n) is 11.1. The number of hydrogen-bond donors (Lipinski definition) is 3. The molecule has 1 aliphatic heterocycles. The second kappa shape index (κ2) is 11.0. The second-order valence-electron chi connectivity index (χ2n) is 13.2. The number of esters is 1. The summed E-state index contributed by atoms with van der Waals surface area (Å²) >= 11 is 0. The van der Waals surface area contributed by atoms with Crippen LogP contribution in [0.15, 0.2) is 6.07 Å². The van der Waals surface area contributed by atoms with Crippen molar-refractivity contribution in [1.82, 2.24) is 0 Å². The Labute approximate surface area is 237 Å². The predicted octanol–water partition coefficient (Wildman–Crippen LogP) is 3.26. The van der Waals surface area contributed by atoms with Crippen LogP contribution >= 0.6 is 0 Å². The standard InChI is InChI=1S/C30H45BFNO7/c1-8-28(5)12-22(30(7,16(2)3)26-20(34)9-10-29(26,6)17(4)27(28)36)40-23(35)15-38-21-11-18(13-33)19-14-39-31(37)24(19)25(21)32/h11,16-17,22,26-27,36-37H,8-10,12-15,33H2,1-7H3/t17-,22+,26+,27-,28+,29-,30-/m0/s1. The molecule has 0 unspecified atom stereocenters. The number of aliphatic hydroxyl groups is 1. The molecular weight excluding hydrogens is 516 g/mol. The van der Waals surface area contributed by atoms with Gasteiger partial charge in [0.15, 0.2) is 18.2 Å². The molecule has 1 aromatic rings. The minimum Gasteiger partial charge on any atom is -0.479 e. The van der Waals surface area contributed by atoms with Crippen molar-refractivity contribution in [1.29, 1.82) is 0 Å². The number of Topliss-reactive ketones (excluding diaryl/α,β-unsaturated/α-hetero) is 1. The Kier molecular flexibility index (Phi) is 8.51. The molecule has 2 fully saturated rings. The number of aliphatic hydroxyl groups excluding tert-OH is 1. The Morgan fingerprint density at radius 2 is 2.00 bits per heavy atom. The second-order valence-corrected chi connectivity index (χ2v) is 13.2. The normalized spacial score (nSPS) is 35.8. The number of fused-ring (bicyclic) bond motifs is 2. The van der Waals surface area contributed by atoms with Gasteiger partial charge in [0.1, 0.15) is 11.9 Å². The molecule has 2 saturated carbocycles. The lowest BCUT2D eigenvalue weighted by Gasteiger charge is -2.57. The molecule has 8 nitrogen and oxygen atoms in total. The number of hydrogen-bond acceptors (Lipinski definition) is 8. The van der Waals surface area contributed by atoms with E-state index in [1.54, 1.807) is 0 Å². The van der Waals surface area contributed by atoms with Crippen LogP contribution in [0.5, 0.6) is 5.75 Å². The van der Waals surface area contributed by atoms with E-state index in [4.69, 9.17) is 19.9 Å². The van der Waals surface area contributed by atoms with Crippen LogP contribution in [0.4, 0.5) is 4.39 Å². The fraction of sp³-hybridized carbons (Fsp3) is 0.733. The Bertz CT molecular complexity index is 1160. The van der Waals surface area contributed by atoms with E-state index in [2.05, 4.69) is 20.8 Å². The summed E-state index contributed by atoms with van der Waals surface area (Å²) in [6, 6.07) is 1.42. The summed E-state index contributed by atoms with van der Waals surface area (Å²) in [5.74, 6) is -2.10. The number of ether oxygens (including phenoxy) is 2. The number of nitrogens with two attached hydrogens (primary N) is 1. The summed E-state index contributed by atoms with van der Waals surface area (Å²) in [4.78, 5) is 26.9. The fourth-order valence-electron chi connectivity index (χ4n) is 7.78. The van der Waals surface area contributed by atoms with Crippen LogP contribution in [-0.4, -0.2) is 47.8 Å². The maximum atomic E-state index is 15.2. The van der Waals surface area contributed by atoms with Gasteiger partial charge in [0.05, 0.1) is 12.7 Å². The van der Waals surface area contributed by atoms with Crippen LogP contribution < -0.4 is 15.9 Å². The fourth-order valence-corrected chi connectivity index (χ4v) is 7.78. The first-order chi connectivity index (χ1) is 18.6. The van der Waals surface area contributed by atoms with Gasteiger partial charge in [-0.2, -0.15) is 0 Å². The number of carbonyl (C=O) groups is 2. The number of carbonyl (C=O) groups excluding carboxylic acids is 2. The van der Waals surface area contributed by atoms with Crippen molar-refractivity contribution in [2.24, 2.45) is 39.7 Å². The highest BCUT2D eigenvalue weighted by atomic mass is 19.1. The molecule has 40 heavy (non-hydrogen) atoms. The first-order valence-electron chi connectivity index (χ1n) is 14.5. The average Bonchev–Trinajstić information content (AvgIpc) is 3.45. The molecule has 4 rings (SSSR count). The molecule has 222 valence electrons. The molecule has 0 radical (unpaired) electrons. The SMILES string of the molecule is CC[C@]1(C)C[C@@H](OC(=O)COc2cc(CN)c3c(c2F)B(O)OC3)[C@](C)(C(C)C)[C@@H]2C(=O)CC[C@@]2(C)[C@@H](C)[C@@H]1O. The maximum absolute atomic E-state index is 15.2. The van der Waals surface area contributed by atoms with Crippen molar-refractivity contribution in [3.8, 4) is 5.75 Å². The van der Waals surface area contributed by atoms with Gasteiger partial charge in [-0.25, -0.2) is 9.18 Å². The monoisotopic (exact) mass is 561 g/mol. The minimum atomic E-state index is -1.43. The number of rotatable bonds is 7. The van der Waals surface area contributed by atoms with Crippen molar-refractivity contribution < 1.29 is 38.2 Å². The van der Waals surface area contributed by atoms with E-state index in [0.717, 1.165) is 0 Å². The highest BCUT2D eigenvalue weighted by Gasteiger charge is 2.64. The van der Waals surface area contributed by atoms with Gasteiger partial charge in [-0.05, 0) is 59.1 Å². The molecule has 0 bridgehead atoms. The lowest BCUT2D eigenvalue weighted by molar-refractivity contribution is -0.195. The summed E-state index contributed by atoms with van der Waals surface area (Å²) in [7, 11) is -1.43. The Hall–Kier alpha value is -2.01. The Morgan fingerprint density at radius 3 is 2.60 bits per heavy atom. The summed E-state index contributed by atoms with van der Waals surface area (Å²) in [5.41, 5.74) is 5.13. The average molecular weight is 562 g/mol. The van der Waals surface area contributed by atoms with Crippen molar-refractivity contribution in [2.45, 2.75) is 99.5 Å². The third kappa shape index (κ3) is 4.78. The number of halogens is 1. The van der Waals surface area contributed by atoms with Gasteiger partial charge in [0.2, 0.25) is 0 Å². The number of benzene rings is 1. The third-order valence-corrected chi connectivity index (χ3v) is 11.1. The lowest BCUT2D eigenvalue weighted by Crippen LogP contribution is -2.60. The molecule has 2 aliphatic carbocycles. The first kappa shape index (κ1) is 30.9. The van der Waals surface area contributed by atoms with Gasteiger partial charge in [0, 0.05) is 29.8 Å². The van der Waals surface area contributed by atoms with Gasteiger partial charge in [-0.15, -0.1) is 0 Å². The van der Waals surface area contributed by atoms with Gasteiger partial charge in [0.25, 0.3) is 0 Å². The smallest absolute Gasteiger partial charge is 0.479 e. The van der Waals surface area contributed by atoms with Gasteiger partial charge < -0.3 is 30.0 Å². The van der Waals surface area contributed by atoms with Gasteiger partial charge >= 0.3 is 13.1 Å². The molecule has 0 saturated heterocycles. The van der Waals surface area contributed by atoms with Crippen molar-refractivity contribution in [3.05, 3.63) is 23.0 Å². The highest BCUT2D eigenvalue weighted by molar-refractivity contribution is 6.61. The molecule has 0 spiro atoms. The van der Waals surface area contributed by atoms with Crippen LogP contribution in [0.3, 0.4) is 0 Å². The van der Waals surface area contributed by atoms with Crippen molar-refractivity contribution in [2.75, 3.05) is 6.61 Å². The largest absolute Gasteiger partial charge is 0.494 e. The van der Waals surface area contributed by atoms with Crippen LogP contribution in [0.25, 0.3) is 0 Å². The van der Waals surface area contributed by atoms with Crippen LogP contribution in [0.2, 0.25) is 0 Å². The molecule has 10 heteroatoms. The van der Waals surface area contributed by atoms with E-state index in [9.17, 15) is 19.7 Å². The quantitative estimate of drug-likeness (QED) is 0.342. The summed E-state index contributed by atoms with van der Waals surface area (Å²) in [5, 5.41) is 21.7.